The Labute approximate surface area is 94.4 Å². The number of nitrogens with two attached hydrogens (primary N) is 1. The molecule has 2 aromatic rings. The molecule has 1 heterocycles. The molecule has 0 aliphatic carbocycles. The molecule has 0 saturated heterocycles. The number of nitrogens with one attached hydrogen (secondary N) is 1. The largest absolute Gasteiger partial charge is 0.345 e. The molecule has 15 heavy (non-hydrogen) atoms. The number of hydrogen-bond acceptors (Lipinski definition) is 1. The zero-order valence-electron chi connectivity index (χ0n) is 8.97. The molecule has 3 heteroatoms. The zero-order valence-corrected chi connectivity index (χ0v) is 9.73. The minimum absolute atomic E-state index is 0.128. The Hall–Kier alpha value is -0.990. The average Bonchev–Trinajstić information content (AvgIpc) is 2.41. The van der Waals surface area contributed by atoms with Gasteiger partial charge in [-0.25, -0.2) is 0 Å². The van der Waals surface area contributed by atoms with Crippen LogP contribution in [0.15, 0.2) is 18.2 Å². The van der Waals surface area contributed by atoms with E-state index in [9.17, 15) is 0 Å². The number of aromatic nitrogens is 1. The highest BCUT2D eigenvalue weighted by atomic mass is 35.5. The molecule has 0 amide bonds. The number of halogens is 1. The predicted octanol–water partition coefficient (Wildman–Crippen LogP) is 3.02. The third-order valence-electron chi connectivity index (χ3n) is 2.54. The molecule has 0 aliphatic heterocycles. The topological polar surface area (TPSA) is 41.8 Å². The highest BCUT2D eigenvalue weighted by Crippen LogP contribution is 2.27. The summed E-state index contributed by atoms with van der Waals surface area (Å²) in [5.41, 5.74) is 9.25. The molecule has 2 nitrogen and oxygen atoms in total. The molecule has 0 aliphatic rings. The zero-order chi connectivity index (χ0) is 11.0. The van der Waals surface area contributed by atoms with Crippen molar-refractivity contribution in [3.8, 4) is 0 Å². The van der Waals surface area contributed by atoms with Gasteiger partial charge in [-0.15, -0.1) is 0 Å². The third kappa shape index (κ3) is 2.01. The van der Waals surface area contributed by atoms with Crippen LogP contribution in [0.25, 0.3) is 10.9 Å². The Morgan fingerprint density at radius 3 is 2.87 bits per heavy atom. The van der Waals surface area contributed by atoms with Gasteiger partial charge in [0.1, 0.15) is 5.15 Å². The maximum absolute atomic E-state index is 6.15. The first-order valence-electron chi connectivity index (χ1n) is 5.10. The van der Waals surface area contributed by atoms with Crippen LogP contribution in [0.2, 0.25) is 5.15 Å². The minimum atomic E-state index is 0.128. The summed E-state index contributed by atoms with van der Waals surface area (Å²) in [6.45, 7) is 4.06. The molecule has 1 unspecified atom stereocenters. The van der Waals surface area contributed by atoms with Crippen molar-refractivity contribution in [1.29, 1.82) is 0 Å². The molecule has 0 bridgehead atoms. The van der Waals surface area contributed by atoms with E-state index in [0.29, 0.717) is 5.15 Å². The summed E-state index contributed by atoms with van der Waals surface area (Å²) in [6.07, 6.45) is 0.807. The van der Waals surface area contributed by atoms with Crippen LogP contribution in [-0.4, -0.2) is 11.0 Å². The lowest BCUT2D eigenvalue weighted by atomic mass is 10.1. The number of H-pyrrole nitrogens is 1. The van der Waals surface area contributed by atoms with E-state index in [0.717, 1.165) is 17.5 Å². The highest BCUT2D eigenvalue weighted by Gasteiger charge is 2.11. The lowest BCUT2D eigenvalue weighted by molar-refractivity contribution is 0.741. The van der Waals surface area contributed by atoms with E-state index in [2.05, 4.69) is 30.1 Å². The monoisotopic (exact) mass is 222 g/mol. The molecular weight excluding hydrogens is 208 g/mol. The fourth-order valence-corrected chi connectivity index (χ4v) is 2.14. The van der Waals surface area contributed by atoms with Crippen molar-refractivity contribution in [1.82, 2.24) is 4.98 Å². The van der Waals surface area contributed by atoms with Crippen LogP contribution in [0.1, 0.15) is 18.1 Å². The first-order valence-corrected chi connectivity index (χ1v) is 5.48. The molecule has 80 valence electrons. The lowest BCUT2D eigenvalue weighted by Gasteiger charge is -2.04. The molecular formula is C12H15ClN2. The van der Waals surface area contributed by atoms with Gasteiger partial charge in [0.2, 0.25) is 0 Å². The van der Waals surface area contributed by atoms with Gasteiger partial charge in [-0.2, -0.15) is 0 Å². The number of aromatic amines is 1. The van der Waals surface area contributed by atoms with Gasteiger partial charge < -0.3 is 10.7 Å². The second kappa shape index (κ2) is 3.87. The SMILES string of the molecule is Cc1ccc2c(CC(C)N)c(Cl)[nH]c2c1. The van der Waals surface area contributed by atoms with Gasteiger partial charge in [-0.3, -0.25) is 0 Å². The molecule has 3 N–H and O–H groups in total. The van der Waals surface area contributed by atoms with Crippen molar-refractivity contribution in [2.24, 2.45) is 5.73 Å². The standard InChI is InChI=1S/C12H15ClN2/c1-7-3-4-9-10(6-8(2)14)12(13)15-11(9)5-7/h3-5,8,15H,6,14H2,1-2H3. The fourth-order valence-electron chi connectivity index (χ4n) is 1.86. The van der Waals surface area contributed by atoms with Crippen LogP contribution < -0.4 is 5.73 Å². The van der Waals surface area contributed by atoms with Gasteiger partial charge in [0, 0.05) is 16.9 Å². The Balaban J connectivity index is 2.58. The third-order valence-corrected chi connectivity index (χ3v) is 2.86. The summed E-state index contributed by atoms with van der Waals surface area (Å²) in [6, 6.07) is 6.43. The molecule has 1 aromatic carbocycles. The summed E-state index contributed by atoms with van der Waals surface area (Å²) >= 11 is 6.15. The molecule has 0 fully saturated rings. The average molecular weight is 223 g/mol. The second-order valence-corrected chi connectivity index (χ2v) is 4.53. The first kappa shape index (κ1) is 10.5. The van der Waals surface area contributed by atoms with E-state index in [1.807, 2.05) is 6.92 Å². The van der Waals surface area contributed by atoms with Crippen molar-refractivity contribution in [2.75, 3.05) is 0 Å². The number of benzene rings is 1. The van der Waals surface area contributed by atoms with E-state index in [-0.39, 0.29) is 6.04 Å². The van der Waals surface area contributed by atoms with Crippen LogP contribution in [0.5, 0.6) is 0 Å². The van der Waals surface area contributed by atoms with Crippen LogP contribution in [0.3, 0.4) is 0 Å². The second-order valence-electron chi connectivity index (χ2n) is 4.15. The van der Waals surface area contributed by atoms with Crippen molar-refractivity contribution in [3.05, 3.63) is 34.5 Å². The number of fused-ring (bicyclic) bond motifs is 1. The number of hydrogen-bond donors (Lipinski definition) is 2. The van der Waals surface area contributed by atoms with E-state index in [1.165, 1.54) is 10.9 Å². The lowest BCUT2D eigenvalue weighted by Crippen LogP contribution is -2.17. The highest BCUT2D eigenvalue weighted by molar-refractivity contribution is 6.31. The summed E-state index contributed by atoms with van der Waals surface area (Å²) in [7, 11) is 0. The number of aryl methyl sites for hydroxylation is 1. The number of rotatable bonds is 2. The smallest absolute Gasteiger partial charge is 0.110 e. The quantitative estimate of drug-likeness (QED) is 0.806. The maximum atomic E-state index is 6.15. The Kier molecular flexibility index (Phi) is 2.72. The van der Waals surface area contributed by atoms with Crippen molar-refractivity contribution >= 4 is 22.5 Å². The summed E-state index contributed by atoms with van der Waals surface area (Å²) < 4.78 is 0. The van der Waals surface area contributed by atoms with Crippen LogP contribution in [0, 0.1) is 6.92 Å². The van der Waals surface area contributed by atoms with Gasteiger partial charge in [0.25, 0.3) is 0 Å². The van der Waals surface area contributed by atoms with Crippen LogP contribution in [-0.2, 0) is 6.42 Å². The summed E-state index contributed by atoms with van der Waals surface area (Å²) in [5.74, 6) is 0. The van der Waals surface area contributed by atoms with Gasteiger partial charge in [-0.05, 0) is 37.5 Å². The maximum Gasteiger partial charge on any atom is 0.110 e. The summed E-state index contributed by atoms with van der Waals surface area (Å²) in [5, 5.41) is 1.90. The van der Waals surface area contributed by atoms with Crippen molar-refractivity contribution in [2.45, 2.75) is 26.3 Å². The Bertz CT molecular complexity index is 486. The normalized spacial score (nSPS) is 13.3. The van der Waals surface area contributed by atoms with E-state index >= 15 is 0 Å². The fraction of sp³-hybridized carbons (Fsp3) is 0.333. The van der Waals surface area contributed by atoms with Crippen molar-refractivity contribution in [3.63, 3.8) is 0 Å². The van der Waals surface area contributed by atoms with Gasteiger partial charge in [0.15, 0.2) is 0 Å². The van der Waals surface area contributed by atoms with E-state index in [4.69, 9.17) is 17.3 Å². The Morgan fingerprint density at radius 2 is 2.20 bits per heavy atom. The van der Waals surface area contributed by atoms with Crippen LogP contribution >= 0.6 is 11.6 Å². The Morgan fingerprint density at radius 1 is 1.47 bits per heavy atom. The van der Waals surface area contributed by atoms with Crippen LogP contribution in [0.4, 0.5) is 0 Å². The molecule has 2 rings (SSSR count). The van der Waals surface area contributed by atoms with Gasteiger partial charge >= 0.3 is 0 Å². The van der Waals surface area contributed by atoms with E-state index in [1.54, 1.807) is 0 Å². The summed E-state index contributed by atoms with van der Waals surface area (Å²) in [4.78, 5) is 3.18. The predicted molar refractivity (Wildman–Crippen MR) is 65.4 cm³/mol. The first-order chi connectivity index (χ1) is 7.08. The molecule has 0 spiro atoms. The molecule has 1 atom stereocenters. The van der Waals surface area contributed by atoms with Gasteiger partial charge in [0.05, 0.1) is 0 Å². The minimum Gasteiger partial charge on any atom is -0.345 e. The van der Waals surface area contributed by atoms with Gasteiger partial charge in [-0.1, -0.05) is 23.7 Å². The molecule has 0 radical (unpaired) electrons. The van der Waals surface area contributed by atoms with E-state index < -0.39 is 0 Å². The molecule has 1 aromatic heterocycles. The van der Waals surface area contributed by atoms with Crippen molar-refractivity contribution < 1.29 is 0 Å². The molecule has 0 saturated carbocycles.